The van der Waals surface area contributed by atoms with Gasteiger partial charge in [-0.05, 0) is 49.3 Å². The second kappa shape index (κ2) is 4.56. The summed E-state index contributed by atoms with van der Waals surface area (Å²) in [5, 5.41) is 9.32. The molecule has 4 rings (SSSR count). The van der Waals surface area contributed by atoms with Gasteiger partial charge in [0.15, 0.2) is 0 Å². The van der Waals surface area contributed by atoms with E-state index in [-0.39, 0.29) is 51.8 Å². The number of anilines is 1. The minimum absolute atomic E-state index is 0.0139. The number of halogens is 1. The van der Waals surface area contributed by atoms with Gasteiger partial charge in [0.2, 0.25) is 11.8 Å². The molecule has 2 aliphatic carbocycles. The molecule has 0 radical (unpaired) electrons. The van der Waals surface area contributed by atoms with Crippen LogP contribution in [0.5, 0.6) is 0 Å². The molecule has 6 heteroatoms. The summed E-state index contributed by atoms with van der Waals surface area (Å²) in [5.41, 5.74) is 0.213. The zero-order valence-electron chi connectivity index (χ0n) is 11.7. The van der Waals surface area contributed by atoms with Gasteiger partial charge in [0.25, 0.3) is 0 Å². The highest BCUT2D eigenvalue weighted by Crippen LogP contribution is 2.56. The number of amides is 2. The molecule has 1 aromatic rings. The number of nitrogens with zero attached hydrogens (tertiary/aromatic N) is 1. The van der Waals surface area contributed by atoms with E-state index in [1.807, 2.05) is 0 Å². The Labute approximate surface area is 131 Å². The molecule has 1 aliphatic heterocycles. The van der Waals surface area contributed by atoms with E-state index in [0.29, 0.717) is 0 Å². The predicted octanol–water partition coefficient (Wildman–Crippen LogP) is 2.57. The molecule has 5 nitrogen and oxygen atoms in total. The molecule has 114 valence electrons. The Morgan fingerprint density at radius 2 is 1.73 bits per heavy atom. The first-order chi connectivity index (χ1) is 10.5. The summed E-state index contributed by atoms with van der Waals surface area (Å²) in [7, 11) is 0. The van der Waals surface area contributed by atoms with Gasteiger partial charge >= 0.3 is 5.97 Å². The molecule has 3 aliphatic rings. The summed E-state index contributed by atoms with van der Waals surface area (Å²) in [4.78, 5) is 37.7. The molecule has 1 heterocycles. The van der Waals surface area contributed by atoms with Gasteiger partial charge in [-0.1, -0.05) is 11.6 Å². The van der Waals surface area contributed by atoms with Crippen molar-refractivity contribution in [3.8, 4) is 0 Å². The number of hydrogen-bond donors (Lipinski definition) is 1. The first-order valence-electron chi connectivity index (χ1n) is 7.39. The number of imide groups is 1. The van der Waals surface area contributed by atoms with Crippen molar-refractivity contribution in [2.45, 2.75) is 19.3 Å². The average Bonchev–Trinajstić information content (AvgIpc) is 3.14. The van der Waals surface area contributed by atoms with E-state index in [1.54, 1.807) is 0 Å². The smallest absolute Gasteiger partial charge is 0.335 e. The van der Waals surface area contributed by atoms with Crippen LogP contribution in [0.15, 0.2) is 18.2 Å². The van der Waals surface area contributed by atoms with Gasteiger partial charge in [0.05, 0.1) is 28.1 Å². The Morgan fingerprint density at radius 1 is 1.14 bits per heavy atom. The lowest BCUT2D eigenvalue weighted by molar-refractivity contribution is -0.123. The maximum atomic E-state index is 12.7. The summed E-state index contributed by atoms with van der Waals surface area (Å²) < 4.78 is 0. The molecular formula is C16H14ClNO4. The lowest BCUT2D eigenvalue weighted by Gasteiger charge is -2.19. The van der Waals surface area contributed by atoms with Crippen LogP contribution < -0.4 is 4.90 Å². The van der Waals surface area contributed by atoms with Gasteiger partial charge in [0.1, 0.15) is 0 Å². The van der Waals surface area contributed by atoms with E-state index < -0.39 is 5.97 Å². The second-order valence-electron chi connectivity index (χ2n) is 6.37. The van der Waals surface area contributed by atoms with Crippen LogP contribution in [0.3, 0.4) is 0 Å². The topological polar surface area (TPSA) is 74.7 Å². The first-order valence-corrected chi connectivity index (χ1v) is 7.77. The minimum Gasteiger partial charge on any atom is -0.478 e. The monoisotopic (exact) mass is 319 g/mol. The van der Waals surface area contributed by atoms with Crippen molar-refractivity contribution in [1.82, 2.24) is 0 Å². The normalized spacial score (nSPS) is 32.7. The van der Waals surface area contributed by atoms with Gasteiger partial charge < -0.3 is 5.11 Å². The largest absolute Gasteiger partial charge is 0.478 e. The SMILES string of the molecule is O=C(O)c1ccc(Cl)c(N2C(=O)[C@@H]3[C@@H]4CC[C@@H](C4)[C@@H]3C2=O)c1. The third-order valence-corrected chi connectivity index (χ3v) is 5.68. The Morgan fingerprint density at radius 3 is 2.27 bits per heavy atom. The van der Waals surface area contributed by atoms with Crippen molar-refractivity contribution in [1.29, 1.82) is 0 Å². The molecule has 1 aromatic carbocycles. The number of fused-ring (bicyclic) bond motifs is 5. The van der Waals surface area contributed by atoms with E-state index in [1.165, 1.54) is 18.2 Å². The summed E-state index contributed by atoms with van der Waals surface area (Å²) in [6.45, 7) is 0. The van der Waals surface area contributed by atoms with Crippen molar-refractivity contribution < 1.29 is 19.5 Å². The maximum Gasteiger partial charge on any atom is 0.335 e. The number of hydrogen-bond acceptors (Lipinski definition) is 3. The molecule has 2 bridgehead atoms. The molecular weight excluding hydrogens is 306 g/mol. The summed E-state index contributed by atoms with van der Waals surface area (Å²) in [5.74, 6) is -1.45. The zero-order valence-corrected chi connectivity index (χ0v) is 12.4. The van der Waals surface area contributed by atoms with E-state index >= 15 is 0 Å². The highest BCUT2D eigenvalue weighted by atomic mass is 35.5. The Kier molecular flexibility index (Phi) is 2.85. The van der Waals surface area contributed by atoms with Crippen LogP contribution in [0.25, 0.3) is 0 Å². The van der Waals surface area contributed by atoms with Crippen LogP contribution in [-0.2, 0) is 9.59 Å². The highest BCUT2D eigenvalue weighted by molar-refractivity contribution is 6.36. The van der Waals surface area contributed by atoms with Gasteiger partial charge in [-0.25, -0.2) is 9.69 Å². The van der Waals surface area contributed by atoms with Crippen molar-refractivity contribution in [3.05, 3.63) is 28.8 Å². The number of rotatable bonds is 2. The fourth-order valence-electron chi connectivity index (χ4n) is 4.46. The molecule has 0 aromatic heterocycles. The first kappa shape index (κ1) is 13.8. The summed E-state index contributed by atoms with van der Waals surface area (Å²) in [6, 6.07) is 4.09. The van der Waals surface area contributed by atoms with Gasteiger partial charge in [-0.2, -0.15) is 0 Å². The number of carbonyl (C=O) groups excluding carboxylic acids is 2. The summed E-state index contributed by atoms with van der Waals surface area (Å²) >= 11 is 6.12. The van der Waals surface area contributed by atoms with E-state index in [4.69, 9.17) is 16.7 Å². The molecule has 2 amide bonds. The van der Waals surface area contributed by atoms with Crippen LogP contribution in [0.2, 0.25) is 5.02 Å². The van der Waals surface area contributed by atoms with E-state index in [2.05, 4.69) is 0 Å². The number of aromatic carboxylic acids is 1. The lowest BCUT2D eigenvalue weighted by atomic mass is 9.81. The zero-order chi connectivity index (χ0) is 15.6. The molecule has 2 saturated carbocycles. The second-order valence-corrected chi connectivity index (χ2v) is 6.78. The van der Waals surface area contributed by atoms with Gasteiger partial charge in [0, 0.05) is 0 Å². The number of carboxylic acids is 1. The third-order valence-electron chi connectivity index (χ3n) is 5.36. The fourth-order valence-corrected chi connectivity index (χ4v) is 4.67. The van der Waals surface area contributed by atoms with Crippen LogP contribution >= 0.6 is 11.6 Å². The minimum atomic E-state index is -1.11. The van der Waals surface area contributed by atoms with E-state index in [9.17, 15) is 14.4 Å². The van der Waals surface area contributed by atoms with Crippen molar-refractivity contribution in [2.75, 3.05) is 4.90 Å². The Hall–Kier alpha value is -1.88. The number of benzene rings is 1. The number of carbonyl (C=O) groups is 3. The molecule has 0 unspecified atom stereocenters. The molecule has 3 fully saturated rings. The molecule has 1 saturated heterocycles. The molecule has 0 spiro atoms. The van der Waals surface area contributed by atoms with E-state index in [0.717, 1.165) is 24.2 Å². The van der Waals surface area contributed by atoms with Crippen LogP contribution in [-0.4, -0.2) is 22.9 Å². The van der Waals surface area contributed by atoms with Gasteiger partial charge in [-0.15, -0.1) is 0 Å². The maximum absolute atomic E-state index is 12.7. The Bertz CT molecular complexity index is 688. The molecule has 22 heavy (non-hydrogen) atoms. The molecule has 1 N–H and O–H groups in total. The van der Waals surface area contributed by atoms with Gasteiger partial charge in [-0.3, -0.25) is 9.59 Å². The van der Waals surface area contributed by atoms with Crippen molar-refractivity contribution >= 4 is 35.1 Å². The third kappa shape index (κ3) is 1.69. The Balaban J connectivity index is 1.78. The van der Waals surface area contributed by atoms with Crippen molar-refractivity contribution in [3.63, 3.8) is 0 Å². The standard InChI is InChI=1S/C16H14ClNO4/c17-10-4-3-9(16(21)22)6-11(10)18-14(19)12-7-1-2-8(5-7)13(12)15(18)20/h3-4,6-8,12-13H,1-2,5H2,(H,21,22)/t7-,8+,12-,13+. The van der Waals surface area contributed by atoms with Crippen molar-refractivity contribution in [2.24, 2.45) is 23.7 Å². The molecule has 4 atom stereocenters. The quantitative estimate of drug-likeness (QED) is 0.850. The van der Waals surface area contributed by atoms with Crippen LogP contribution in [0, 0.1) is 23.7 Å². The van der Waals surface area contributed by atoms with Crippen LogP contribution in [0.1, 0.15) is 29.6 Å². The fraction of sp³-hybridized carbons (Fsp3) is 0.438. The predicted molar refractivity (Wildman–Crippen MR) is 78.7 cm³/mol. The van der Waals surface area contributed by atoms with Crippen LogP contribution in [0.4, 0.5) is 5.69 Å². The average molecular weight is 320 g/mol. The lowest BCUT2D eigenvalue weighted by Crippen LogP contribution is -2.33. The summed E-state index contributed by atoms with van der Waals surface area (Å²) in [6.07, 6.45) is 2.97. The highest BCUT2D eigenvalue weighted by Gasteiger charge is 2.61. The number of carboxylic acid groups (broad SMARTS) is 1.